The zero-order chi connectivity index (χ0) is 13.4. The first kappa shape index (κ1) is 15.5. The maximum absolute atomic E-state index is 4.20. The van der Waals surface area contributed by atoms with Crippen molar-refractivity contribution in [1.29, 1.82) is 0 Å². The van der Waals surface area contributed by atoms with Crippen LogP contribution in [0.2, 0.25) is 0 Å². The van der Waals surface area contributed by atoms with E-state index in [-0.39, 0.29) is 0 Å². The monoisotopic (exact) mass is 270 g/mol. The largest absolute Gasteiger partial charge is 0.308 e. The number of nitrogens with zero attached hydrogens (tertiary/aromatic N) is 3. The minimum absolute atomic E-state index is 0.360. The van der Waals surface area contributed by atoms with Crippen LogP contribution >= 0.6 is 11.8 Å². The maximum atomic E-state index is 4.20. The van der Waals surface area contributed by atoms with Crippen LogP contribution in [0.25, 0.3) is 0 Å². The van der Waals surface area contributed by atoms with E-state index >= 15 is 0 Å². The quantitative estimate of drug-likeness (QED) is 0.749. The van der Waals surface area contributed by atoms with Crippen LogP contribution in [-0.2, 0) is 6.54 Å². The lowest BCUT2D eigenvalue weighted by atomic mass is 10.0. The molecule has 5 heteroatoms. The van der Waals surface area contributed by atoms with Crippen molar-refractivity contribution in [2.24, 2.45) is 5.92 Å². The molecule has 0 aliphatic heterocycles. The first-order chi connectivity index (χ1) is 8.74. The fourth-order valence-corrected chi connectivity index (χ4v) is 2.87. The van der Waals surface area contributed by atoms with Crippen LogP contribution in [0.3, 0.4) is 0 Å². The zero-order valence-corrected chi connectivity index (χ0v) is 12.8. The van der Waals surface area contributed by atoms with Gasteiger partial charge in [-0.25, -0.2) is 4.68 Å². The molecule has 0 spiro atoms. The Morgan fingerprint density at radius 2 is 2.17 bits per heavy atom. The fourth-order valence-electron chi connectivity index (χ4n) is 2.15. The summed E-state index contributed by atoms with van der Waals surface area (Å²) in [6, 6.07) is 0.360. The van der Waals surface area contributed by atoms with Crippen molar-refractivity contribution < 1.29 is 0 Å². The molecular weight excluding hydrogens is 244 g/mol. The number of hydrogen-bond acceptors (Lipinski definition) is 4. The second-order valence-electron chi connectivity index (χ2n) is 4.75. The van der Waals surface area contributed by atoms with Gasteiger partial charge in [0.15, 0.2) is 0 Å². The van der Waals surface area contributed by atoms with Crippen LogP contribution in [0.5, 0.6) is 0 Å². The first-order valence-electron chi connectivity index (χ1n) is 6.85. The van der Waals surface area contributed by atoms with Crippen molar-refractivity contribution in [3.05, 3.63) is 11.9 Å². The SMILES string of the molecule is CCCNC(c1cnnn1CCC)C(C)CSC. The second kappa shape index (κ2) is 8.53. The standard InChI is InChI=1S/C13H26N4S/c1-5-7-14-13(11(3)10-18-4)12-9-15-16-17(12)8-6-2/h9,11,13-14H,5-8,10H2,1-4H3. The van der Waals surface area contributed by atoms with Gasteiger partial charge in [-0.15, -0.1) is 5.10 Å². The normalized spacial score (nSPS) is 14.7. The highest BCUT2D eigenvalue weighted by atomic mass is 32.2. The molecule has 0 bridgehead atoms. The minimum Gasteiger partial charge on any atom is -0.308 e. The Bertz CT molecular complexity index is 327. The average Bonchev–Trinajstić information content (AvgIpc) is 2.79. The molecule has 1 N–H and O–H groups in total. The molecule has 1 aromatic heterocycles. The topological polar surface area (TPSA) is 42.7 Å². The minimum atomic E-state index is 0.360. The predicted octanol–water partition coefficient (Wildman–Crippen LogP) is 2.73. The van der Waals surface area contributed by atoms with E-state index in [0.717, 1.165) is 31.7 Å². The summed E-state index contributed by atoms with van der Waals surface area (Å²) in [5.74, 6) is 1.74. The van der Waals surface area contributed by atoms with Gasteiger partial charge >= 0.3 is 0 Å². The molecule has 0 saturated heterocycles. The summed E-state index contributed by atoms with van der Waals surface area (Å²) >= 11 is 1.90. The van der Waals surface area contributed by atoms with Gasteiger partial charge < -0.3 is 5.32 Å². The third kappa shape index (κ3) is 4.28. The van der Waals surface area contributed by atoms with Gasteiger partial charge in [0.2, 0.25) is 0 Å². The van der Waals surface area contributed by atoms with E-state index in [9.17, 15) is 0 Å². The highest BCUT2D eigenvalue weighted by Gasteiger charge is 2.22. The number of aryl methyl sites for hydroxylation is 1. The van der Waals surface area contributed by atoms with Gasteiger partial charge in [-0.2, -0.15) is 11.8 Å². The van der Waals surface area contributed by atoms with Gasteiger partial charge in [-0.3, -0.25) is 0 Å². The maximum Gasteiger partial charge on any atom is 0.0759 e. The second-order valence-corrected chi connectivity index (χ2v) is 5.66. The van der Waals surface area contributed by atoms with Crippen molar-refractivity contribution in [3.63, 3.8) is 0 Å². The van der Waals surface area contributed by atoms with Crippen LogP contribution in [-0.4, -0.2) is 33.5 Å². The molecule has 0 fully saturated rings. The van der Waals surface area contributed by atoms with Crippen LogP contribution in [0.15, 0.2) is 6.20 Å². The molecule has 1 aromatic rings. The van der Waals surface area contributed by atoms with Crippen molar-refractivity contribution in [2.75, 3.05) is 18.6 Å². The molecule has 0 aliphatic rings. The van der Waals surface area contributed by atoms with E-state index in [4.69, 9.17) is 0 Å². The van der Waals surface area contributed by atoms with Crippen molar-refractivity contribution in [2.45, 2.75) is 46.2 Å². The Hall–Kier alpha value is -0.550. The molecule has 2 atom stereocenters. The van der Waals surface area contributed by atoms with Crippen LogP contribution in [0.1, 0.15) is 45.3 Å². The number of thioether (sulfide) groups is 1. The number of nitrogens with one attached hydrogen (secondary N) is 1. The third-order valence-electron chi connectivity index (χ3n) is 3.01. The molecule has 0 radical (unpaired) electrons. The van der Waals surface area contributed by atoms with Gasteiger partial charge in [0, 0.05) is 6.54 Å². The fraction of sp³-hybridized carbons (Fsp3) is 0.846. The number of hydrogen-bond donors (Lipinski definition) is 1. The van der Waals surface area contributed by atoms with Crippen LogP contribution < -0.4 is 5.32 Å². The molecule has 0 amide bonds. The Balaban J connectivity index is 2.82. The molecule has 1 rings (SSSR count). The van der Waals surface area contributed by atoms with Crippen molar-refractivity contribution >= 4 is 11.8 Å². The van der Waals surface area contributed by atoms with E-state index in [1.165, 1.54) is 5.69 Å². The summed E-state index contributed by atoms with van der Waals surface area (Å²) in [7, 11) is 0. The van der Waals surface area contributed by atoms with E-state index < -0.39 is 0 Å². The molecule has 2 unspecified atom stereocenters. The summed E-state index contributed by atoms with van der Waals surface area (Å²) < 4.78 is 2.05. The lowest BCUT2D eigenvalue weighted by Crippen LogP contribution is -2.31. The third-order valence-corrected chi connectivity index (χ3v) is 3.87. The van der Waals surface area contributed by atoms with E-state index in [0.29, 0.717) is 12.0 Å². The molecule has 0 aliphatic carbocycles. The van der Waals surface area contributed by atoms with Crippen LogP contribution in [0, 0.1) is 5.92 Å². The molecular formula is C13H26N4S. The smallest absolute Gasteiger partial charge is 0.0759 e. The van der Waals surface area contributed by atoms with Gasteiger partial charge in [0.1, 0.15) is 0 Å². The van der Waals surface area contributed by atoms with Gasteiger partial charge in [-0.1, -0.05) is 26.0 Å². The summed E-state index contributed by atoms with van der Waals surface area (Å²) in [6.45, 7) is 8.66. The molecule has 4 nitrogen and oxygen atoms in total. The summed E-state index contributed by atoms with van der Waals surface area (Å²) in [5.41, 5.74) is 1.23. The number of rotatable bonds is 9. The van der Waals surface area contributed by atoms with E-state index in [1.807, 2.05) is 22.6 Å². The van der Waals surface area contributed by atoms with Gasteiger partial charge in [0.05, 0.1) is 17.9 Å². The molecule has 104 valence electrons. The summed E-state index contributed by atoms with van der Waals surface area (Å²) in [5, 5.41) is 11.9. The Labute approximate surface area is 115 Å². The first-order valence-corrected chi connectivity index (χ1v) is 8.24. The van der Waals surface area contributed by atoms with Crippen LogP contribution in [0.4, 0.5) is 0 Å². The Kier molecular flexibility index (Phi) is 7.35. The summed E-state index contributed by atoms with van der Waals surface area (Å²) in [4.78, 5) is 0. The summed E-state index contributed by atoms with van der Waals surface area (Å²) in [6.07, 6.45) is 6.32. The predicted molar refractivity (Wildman–Crippen MR) is 78.9 cm³/mol. The van der Waals surface area contributed by atoms with Crippen molar-refractivity contribution in [1.82, 2.24) is 20.3 Å². The molecule has 0 saturated carbocycles. The zero-order valence-electron chi connectivity index (χ0n) is 12.0. The van der Waals surface area contributed by atoms with Crippen molar-refractivity contribution in [3.8, 4) is 0 Å². The Morgan fingerprint density at radius 3 is 2.78 bits per heavy atom. The molecule has 1 heterocycles. The molecule has 0 aromatic carbocycles. The Morgan fingerprint density at radius 1 is 1.39 bits per heavy atom. The highest BCUT2D eigenvalue weighted by molar-refractivity contribution is 7.98. The van der Waals surface area contributed by atoms with E-state index in [2.05, 4.69) is 42.7 Å². The average molecular weight is 270 g/mol. The van der Waals surface area contributed by atoms with Gasteiger partial charge in [-0.05, 0) is 37.3 Å². The van der Waals surface area contributed by atoms with Gasteiger partial charge in [0.25, 0.3) is 0 Å². The lowest BCUT2D eigenvalue weighted by Gasteiger charge is -2.25. The number of aromatic nitrogens is 3. The molecule has 18 heavy (non-hydrogen) atoms. The lowest BCUT2D eigenvalue weighted by molar-refractivity contribution is 0.385. The highest BCUT2D eigenvalue weighted by Crippen LogP contribution is 2.24. The van der Waals surface area contributed by atoms with E-state index in [1.54, 1.807) is 0 Å².